The molecule has 1 aliphatic rings. The number of aromatic nitrogens is 3. The molecule has 1 saturated heterocycles. The molecular weight excluding hydrogens is 294 g/mol. The van der Waals surface area contributed by atoms with Gasteiger partial charge in [-0.15, -0.1) is 0 Å². The van der Waals surface area contributed by atoms with E-state index in [1.807, 2.05) is 30.0 Å². The normalized spacial score (nSPS) is 16.0. The zero-order valence-electron chi connectivity index (χ0n) is 13.0. The summed E-state index contributed by atoms with van der Waals surface area (Å²) >= 11 is 0. The van der Waals surface area contributed by atoms with Crippen molar-refractivity contribution < 1.29 is 9.53 Å². The Morgan fingerprint density at radius 3 is 2.61 bits per heavy atom. The van der Waals surface area contributed by atoms with Gasteiger partial charge in [0.2, 0.25) is 5.95 Å². The lowest BCUT2D eigenvalue weighted by molar-refractivity contribution is 0.0938. The van der Waals surface area contributed by atoms with E-state index in [2.05, 4.69) is 20.3 Å². The maximum absolute atomic E-state index is 12.3. The second-order valence-corrected chi connectivity index (χ2v) is 5.32. The zero-order valence-corrected chi connectivity index (χ0v) is 13.0. The second-order valence-electron chi connectivity index (χ2n) is 5.32. The lowest BCUT2D eigenvalue weighted by Crippen LogP contribution is -2.37. The van der Waals surface area contributed by atoms with E-state index >= 15 is 0 Å². The minimum atomic E-state index is -0.211. The molecule has 1 fully saturated rings. The van der Waals surface area contributed by atoms with Crippen LogP contribution in [0.1, 0.15) is 29.0 Å². The standard InChI is InChI=1S/C16H19N5O2/c1-12(14-4-2-3-5-17-14)20-15(22)13-10-18-16(19-11-13)21-6-8-23-9-7-21/h2-5,10-12H,6-9H2,1H3,(H,20,22)/t12-/m1/s1. The maximum atomic E-state index is 12.3. The third kappa shape index (κ3) is 3.81. The number of nitrogens with one attached hydrogen (secondary N) is 1. The fourth-order valence-corrected chi connectivity index (χ4v) is 2.35. The number of rotatable bonds is 4. The van der Waals surface area contributed by atoms with Crippen LogP contribution in [0.4, 0.5) is 5.95 Å². The van der Waals surface area contributed by atoms with Crippen LogP contribution in [-0.2, 0) is 4.74 Å². The molecule has 120 valence electrons. The molecule has 0 saturated carbocycles. The molecule has 23 heavy (non-hydrogen) atoms. The average Bonchev–Trinajstić information content (AvgIpc) is 2.63. The quantitative estimate of drug-likeness (QED) is 0.913. The molecule has 2 aromatic heterocycles. The van der Waals surface area contributed by atoms with Gasteiger partial charge in [0.15, 0.2) is 0 Å². The third-order valence-electron chi connectivity index (χ3n) is 3.67. The number of pyridine rings is 1. The number of carbonyl (C=O) groups is 1. The topological polar surface area (TPSA) is 80.2 Å². The van der Waals surface area contributed by atoms with Gasteiger partial charge in [-0.3, -0.25) is 9.78 Å². The second kappa shape index (κ2) is 7.15. The van der Waals surface area contributed by atoms with Crippen LogP contribution in [0.15, 0.2) is 36.8 Å². The molecule has 1 aliphatic heterocycles. The van der Waals surface area contributed by atoms with Crippen molar-refractivity contribution in [3.63, 3.8) is 0 Å². The van der Waals surface area contributed by atoms with Crippen molar-refractivity contribution in [3.05, 3.63) is 48.0 Å². The Balaban J connectivity index is 1.63. The highest BCUT2D eigenvalue weighted by Gasteiger charge is 2.16. The van der Waals surface area contributed by atoms with Gasteiger partial charge in [0, 0.05) is 31.7 Å². The van der Waals surface area contributed by atoms with Gasteiger partial charge in [-0.2, -0.15) is 0 Å². The lowest BCUT2D eigenvalue weighted by atomic mass is 10.2. The number of hydrogen-bond acceptors (Lipinski definition) is 6. The molecule has 2 aromatic rings. The molecule has 1 N–H and O–H groups in total. The summed E-state index contributed by atoms with van der Waals surface area (Å²) in [6.45, 7) is 4.77. The van der Waals surface area contributed by atoms with E-state index < -0.39 is 0 Å². The first-order valence-corrected chi connectivity index (χ1v) is 7.60. The van der Waals surface area contributed by atoms with Crippen LogP contribution >= 0.6 is 0 Å². The number of anilines is 1. The molecule has 0 aromatic carbocycles. The van der Waals surface area contributed by atoms with E-state index in [0.717, 1.165) is 18.8 Å². The number of hydrogen-bond donors (Lipinski definition) is 1. The third-order valence-corrected chi connectivity index (χ3v) is 3.67. The molecular formula is C16H19N5O2. The summed E-state index contributed by atoms with van der Waals surface area (Å²) in [5.41, 5.74) is 1.25. The maximum Gasteiger partial charge on any atom is 0.254 e. The Morgan fingerprint density at radius 1 is 1.22 bits per heavy atom. The Hall–Kier alpha value is -2.54. The average molecular weight is 313 g/mol. The van der Waals surface area contributed by atoms with Gasteiger partial charge in [0.05, 0.1) is 30.5 Å². The van der Waals surface area contributed by atoms with Crippen molar-refractivity contribution >= 4 is 11.9 Å². The fraction of sp³-hybridized carbons (Fsp3) is 0.375. The predicted molar refractivity (Wildman–Crippen MR) is 85.2 cm³/mol. The van der Waals surface area contributed by atoms with Crippen LogP contribution in [-0.4, -0.2) is 47.2 Å². The van der Waals surface area contributed by atoms with Gasteiger partial charge < -0.3 is 15.0 Å². The number of morpholine rings is 1. The first kappa shape index (κ1) is 15.4. The minimum Gasteiger partial charge on any atom is -0.378 e. The molecule has 1 amide bonds. The zero-order chi connectivity index (χ0) is 16.1. The molecule has 7 nitrogen and oxygen atoms in total. The lowest BCUT2D eigenvalue weighted by Gasteiger charge is -2.26. The first-order valence-electron chi connectivity index (χ1n) is 7.60. The van der Waals surface area contributed by atoms with Crippen LogP contribution in [0, 0.1) is 0 Å². The summed E-state index contributed by atoms with van der Waals surface area (Å²) in [4.78, 5) is 27.1. The predicted octanol–water partition coefficient (Wildman–Crippen LogP) is 1.20. The fourth-order valence-electron chi connectivity index (χ4n) is 2.35. The molecule has 7 heteroatoms. The molecule has 0 radical (unpaired) electrons. The van der Waals surface area contributed by atoms with E-state index in [4.69, 9.17) is 4.74 Å². The number of carbonyl (C=O) groups excluding carboxylic acids is 1. The minimum absolute atomic E-state index is 0.178. The Bertz CT molecular complexity index is 641. The van der Waals surface area contributed by atoms with Crippen molar-refractivity contribution in [2.75, 3.05) is 31.2 Å². The monoisotopic (exact) mass is 313 g/mol. The summed E-state index contributed by atoms with van der Waals surface area (Å²) in [5.74, 6) is 0.416. The summed E-state index contributed by atoms with van der Waals surface area (Å²) in [6.07, 6.45) is 4.81. The molecule has 0 spiro atoms. The van der Waals surface area contributed by atoms with E-state index in [9.17, 15) is 4.79 Å². The molecule has 3 rings (SSSR count). The highest BCUT2D eigenvalue weighted by molar-refractivity contribution is 5.93. The largest absolute Gasteiger partial charge is 0.378 e. The van der Waals surface area contributed by atoms with E-state index in [1.165, 1.54) is 0 Å². The van der Waals surface area contributed by atoms with Crippen molar-refractivity contribution in [2.24, 2.45) is 0 Å². The van der Waals surface area contributed by atoms with Crippen LogP contribution < -0.4 is 10.2 Å². The molecule has 3 heterocycles. The van der Waals surface area contributed by atoms with Crippen molar-refractivity contribution in [3.8, 4) is 0 Å². The number of amides is 1. The summed E-state index contributed by atoms with van der Waals surface area (Å²) in [5, 5.41) is 2.90. The highest BCUT2D eigenvalue weighted by Crippen LogP contribution is 2.11. The van der Waals surface area contributed by atoms with Gasteiger partial charge in [-0.1, -0.05) is 6.07 Å². The molecule has 0 aliphatic carbocycles. The Labute approximate surface area is 134 Å². The first-order chi connectivity index (χ1) is 11.2. The van der Waals surface area contributed by atoms with Gasteiger partial charge in [0.1, 0.15) is 0 Å². The smallest absolute Gasteiger partial charge is 0.254 e. The number of ether oxygens (including phenoxy) is 1. The summed E-state index contributed by atoms with van der Waals surface area (Å²) in [6, 6.07) is 5.44. The van der Waals surface area contributed by atoms with Gasteiger partial charge in [-0.25, -0.2) is 9.97 Å². The van der Waals surface area contributed by atoms with Gasteiger partial charge in [0.25, 0.3) is 5.91 Å². The van der Waals surface area contributed by atoms with Crippen molar-refractivity contribution in [1.29, 1.82) is 0 Å². The van der Waals surface area contributed by atoms with E-state index in [1.54, 1.807) is 18.6 Å². The van der Waals surface area contributed by atoms with Crippen molar-refractivity contribution in [2.45, 2.75) is 13.0 Å². The van der Waals surface area contributed by atoms with Gasteiger partial charge in [-0.05, 0) is 19.1 Å². The summed E-state index contributed by atoms with van der Waals surface area (Å²) < 4.78 is 5.30. The molecule has 0 unspecified atom stereocenters. The van der Waals surface area contributed by atoms with E-state index in [-0.39, 0.29) is 11.9 Å². The van der Waals surface area contributed by atoms with Crippen LogP contribution in [0.25, 0.3) is 0 Å². The van der Waals surface area contributed by atoms with E-state index in [0.29, 0.717) is 24.7 Å². The van der Waals surface area contributed by atoms with Crippen LogP contribution in [0.3, 0.4) is 0 Å². The van der Waals surface area contributed by atoms with Gasteiger partial charge >= 0.3 is 0 Å². The Kier molecular flexibility index (Phi) is 4.77. The molecule has 1 atom stereocenters. The van der Waals surface area contributed by atoms with Crippen LogP contribution in [0.2, 0.25) is 0 Å². The summed E-state index contributed by atoms with van der Waals surface area (Å²) in [7, 11) is 0. The number of nitrogens with zero attached hydrogens (tertiary/aromatic N) is 4. The SMILES string of the molecule is C[C@@H](NC(=O)c1cnc(N2CCOCC2)nc1)c1ccccn1. The highest BCUT2D eigenvalue weighted by atomic mass is 16.5. The molecule has 0 bridgehead atoms. The van der Waals surface area contributed by atoms with Crippen molar-refractivity contribution in [1.82, 2.24) is 20.3 Å². The van der Waals surface area contributed by atoms with Crippen LogP contribution in [0.5, 0.6) is 0 Å². The Morgan fingerprint density at radius 2 is 1.96 bits per heavy atom.